The summed E-state index contributed by atoms with van der Waals surface area (Å²) in [7, 11) is 0. The Morgan fingerprint density at radius 3 is 2.75 bits per heavy atom. The summed E-state index contributed by atoms with van der Waals surface area (Å²) in [6.45, 7) is 4.48. The molecule has 3 nitrogen and oxygen atoms in total. The molecule has 0 aliphatic heterocycles. The lowest BCUT2D eigenvalue weighted by atomic mass is 10.0. The number of hydrogen-bond donors (Lipinski definition) is 2. The molecule has 1 heterocycles. The highest BCUT2D eigenvalue weighted by molar-refractivity contribution is 5.98. The average molecular weight is 271 g/mol. The first-order chi connectivity index (χ1) is 9.76. The maximum atomic E-state index is 6.00. The Balaban J connectivity index is 2.25. The van der Waals surface area contributed by atoms with Crippen molar-refractivity contribution in [3.8, 4) is 0 Å². The zero-order valence-corrected chi connectivity index (χ0v) is 12.5. The highest BCUT2D eigenvalue weighted by Gasteiger charge is 2.10. The van der Waals surface area contributed by atoms with Crippen LogP contribution in [0, 0.1) is 0 Å². The fraction of sp³-hybridized carbons (Fsp3) is 0.471. The zero-order chi connectivity index (χ0) is 14.4. The molecule has 0 saturated carbocycles. The lowest BCUT2D eigenvalue weighted by Gasteiger charge is -2.20. The molecule has 0 aliphatic rings. The third-order valence-corrected chi connectivity index (χ3v) is 3.70. The first kappa shape index (κ1) is 14.6. The Morgan fingerprint density at radius 1 is 1.15 bits per heavy atom. The summed E-state index contributed by atoms with van der Waals surface area (Å²) < 4.78 is 0. The van der Waals surface area contributed by atoms with E-state index in [9.17, 15) is 0 Å². The van der Waals surface area contributed by atoms with E-state index in [1.807, 2.05) is 12.1 Å². The molecule has 0 bridgehead atoms. The number of hydrogen-bond acceptors (Lipinski definition) is 3. The second kappa shape index (κ2) is 7.13. The summed E-state index contributed by atoms with van der Waals surface area (Å²) in [4.78, 5) is 4.39. The molecule has 1 unspecified atom stereocenters. The molecule has 1 atom stereocenters. The number of benzene rings is 1. The van der Waals surface area contributed by atoms with Gasteiger partial charge in [-0.2, -0.15) is 0 Å². The molecule has 1 aromatic carbocycles. The predicted molar refractivity (Wildman–Crippen MR) is 88.0 cm³/mol. The molecule has 0 radical (unpaired) electrons. The number of nitrogen functional groups attached to an aromatic ring is 1. The number of unbranched alkanes of at least 4 members (excludes halogenated alkanes) is 1. The molecular weight excluding hydrogens is 246 g/mol. The number of nitrogens with two attached hydrogens (primary N) is 1. The quantitative estimate of drug-likeness (QED) is 0.724. The number of nitrogens with one attached hydrogen (secondary N) is 1. The lowest BCUT2D eigenvalue weighted by Crippen LogP contribution is -2.19. The Bertz CT molecular complexity index is 551. The fourth-order valence-electron chi connectivity index (χ4n) is 2.63. The summed E-state index contributed by atoms with van der Waals surface area (Å²) in [6, 6.07) is 8.61. The van der Waals surface area contributed by atoms with E-state index in [0.717, 1.165) is 22.3 Å². The van der Waals surface area contributed by atoms with Gasteiger partial charge < -0.3 is 11.1 Å². The van der Waals surface area contributed by atoms with Crippen LogP contribution < -0.4 is 11.1 Å². The van der Waals surface area contributed by atoms with Gasteiger partial charge in [-0.25, -0.2) is 0 Å². The first-order valence-corrected chi connectivity index (χ1v) is 7.66. The van der Waals surface area contributed by atoms with E-state index in [4.69, 9.17) is 5.73 Å². The van der Waals surface area contributed by atoms with Crippen LogP contribution in [0.2, 0.25) is 0 Å². The highest BCUT2D eigenvalue weighted by Crippen LogP contribution is 2.28. The molecule has 0 spiro atoms. The molecule has 0 saturated heterocycles. The first-order valence-electron chi connectivity index (χ1n) is 7.66. The van der Waals surface area contributed by atoms with Gasteiger partial charge in [0.05, 0.1) is 11.2 Å². The van der Waals surface area contributed by atoms with E-state index < -0.39 is 0 Å². The van der Waals surface area contributed by atoms with Crippen LogP contribution in [0.25, 0.3) is 10.9 Å². The molecular formula is C17H25N3. The molecule has 0 amide bonds. The maximum Gasteiger partial charge on any atom is 0.0951 e. The van der Waals surface area contributed by atoms with Gasteiger partial charge in [-0.3, -0.25) is 4.98 Å². The van der Waals surface area contributed by atoms with Gasteiger partial charge in [-0.05, 0) is 37.1 Å². The van der Waals surface area contributed by atoms with Crippen LogP contribution in [0.4, 0.5) is 11.4 Å². The average Bonchev–Trinajstić information content (AvgIpc) is 2.48. The van der Waals surface area contributed by atoms with Crippen molar-refractivity contribution in [1.82, 2.24) is 4.98 Å². The Hall–Kier alpha value is -1.77. The minimum atomic E-state index is 0.534. The second-order valence-corrected chi connectivity index (χ2v) is 5.37. The topological polar surface area (TPSA) is 50.9 Å². The summed E-state index contributed by atoms with van der Waals surface area (Å²) in [5.74, 6) is 0. The van der Waals surface area contributed by atoms with E-state index in [1.54, 1.807) is 6.20 Å². The molecule has 0 fully saturated rings. The van der Waals surface area contributed by atoms with Crippen molar-refractivity contribution >= 4 is 22.3 Å². The van der Waals surface area contributed by atoms with Crippen molar-refractivity contribution in [2.75, 3.05) is 11.1 Å². The molecule has 1 aromatic heterocycles. The third-order valence-electron chi connectivity index (χ3n) is 3.70. The smallest absolute Gasteiger partial charge is 0.0951 e. The number of rotatable bonds is 7. The fourth-order valence-corrected chi connectivity index (χ4v) is 2.63. The van der Waals surface area contributed by atoms with Gasteiger partial charge in [0.25, 0.3) is 0 Å². The van der Waals surface area contributed by atoms with Gasteiger partial charge in [0, 0.05) is 23.3 Å². The predicted octanol–water partition coefficient (Wildman–Crippen LogP) is 4.59. The van der Waals surface area contributed by atoms with Gasteiger partial charge in [-0.15, -0.1) is 0 Å². The van der Waals surface area contributed by atoms with Crippen LogP contribution in [-0.4, -0.2) is 11.0 Å². The van der Waals surface area contributed by atoms with Crippen LogP contribution in [0.5, 0.6) is 0 Å². The van der Waals surface area contributed by atoms with Crippen LogP contribution in [0.15, 0.2) is 30.5 Å². The summed E-state index contributed by atoms with van der Waals surface area (Å²) >= 11 is 0. The number of aromatic nitrogens is 1. The molecule has 20 heavy (non-hydrogen) atoms. The Labute approximate surface area is 121 Å². The van der Waals surface area contributed by atoms with Gasteiger partial charge in [-0.1, -0.05) is 33.1 Å². The molecule has 2 rings (SSSR count). The van der Waals surface area contributed by atoms with Crippen molar-refractivity contribution in [3.05, 3.63) is 30.5 Å². The number of pyridine rings is 1. The largest absolute Gasteiger partial charge is 0.397 e. The van der Waals surface area contributed by atoms with Crippen molar-refractivity contribution < 1.29 is 0 Å². The highest BCUT2D eigenvalue weighted by atomic mass is 14.9. The molecule has 3 heteroatoms. The molecule has 2 aromatic rings. The summed E-state index contributed by atoms with van der Waals surface area (Å²) in [5.41, 5.74) is 8.79. The molecule has 3 N–H and O–H groups in total. The molecule has 108 valence electrons. The summed E-state index contributed by atoms with van der Waals surface area (Å²) in [5, 5.41) is 4.81. The number of fused-ring (bicyclic) bond motifs is 1. The minimum Gasteiger partial charge on any atom is -0.397 e. The van der Waals surface area contributed by atoms with Gasteiger partial charge in [0.2, 0.25) is 0 Å². The number of anilines is 2. The van der Waals surface area contributed by atoms with E-state index in [0.29, 0.717) is 6.04 Å². The standard InChI is InChI=1S/C17H25N3/c1-3-5-8-13(7-4-2)20-16-11-10-15(18)17-14(16)9-6-12-19-17/h6,9-13,20H,3-5,7-8,18H2,1-2H3. The van der Waals surface area contributed by atoms with Crippen LogP contribution in [-0.2, 0) is 0 Å². The lowest BCUT2D eigenvalue weighted by molar-refractivity contribution is 0.565. The van der Waals surface area contributed by atoms with Crippen LogP contribution in [0.1, 0.15) is 46.0 Å². The van der Waals surface area contributed by atoms with Gasteiger partial charge >= 0.3 is 0 Å². The minimum absolute atomic E-state index is 0.534. The summed E-state index contributed by atoms with van der Waals surface area (Å²) in [6.07, 6.45) is 7.92. The third kappa shape index (κ3) is 3.41. The second-order valence-electron chi connectivity index (χ2n) is 5.37. The van der Waals surface area contributed by atoms with Crippen LogP contribution >= 0.6 is 0 Å². The SMILES string of the molecule is CCCCC(CCC)Nc1ccc(N)c2ncccc12. The van der Waals surface area contributed by atoms with Crippen molar-refractivity contribution in [1.29, 1.82) is 0 Å². The maximum absolute atomic E-state index is 6.00. The van der Waals surface area contributed by atoms with Crippen molar-refractivity contribution in [2.24, 2.45) is 0 Å². The Morgan fingerprint density at radius 2 is 2.00 bits per heavy atom. The molecule has 0 aliphatic carbocycles. The van der Waals surface area contributed by atoms with E-state index in [2.05, 4.69) is 36.3 Å². The van der Waals surface area contributed by atoms with Crippen molar-refractivity contribution in [2.45, 2.75) is 52.0 Å². The van der Waals surface area contributed by atoms with E-state index in [1.165, 1.54) is 32.1 Å². The van der Waals surface area contributed by atoms with Crippen molar-refractivity contribution in [3.63, 3.8) is 0 Å². The van der Waals surface area contributed by atoms with Crippen LogP contribution in [0.3, 0.4) is 0 Å². The monoisotopic (exact) mass is 271 g/mol. The Kier molecular flexibility index (Phi) is 5.22. The zero-order valence-electron chi connectivity index (χ0n) is 12.5. The van der Waals surface area contributed by atoms with E-state index in [-0.39, 0.29) is 0 Å². The normalized spacial score (nSPS) is 12.5. The van der Waals surface area contributed by atoms with Gasteiger partial charge in [0.1, 0.15) is 0 Å². The van der Waals surface area contributed by atoms with E-state index >= 15 is 0 Å². The van der Waals surface area contributed by atoms with Gasteiger partial charge in [0.15, 0.2) is 0 Å². The number of nitrogens with zero attached hydrogens (tertiary/aromatic N) is 1.